The highest BCUT2D eigenvalue weighted by atomic mass is 32.2. The Morgan fingerprint density at radius 3 is 2.57 bits per heavy atom. The van der Waals surface area contributed by atoms with Crippen molar-refractivity contribution >= 4 is 11.8 Å². The molecule has 2 atom stereocenters. The molecule has 0 radical (unpaired) electrons. The van der Waals surface area contributed by atoms with Crippen molar-refractivity contribution in [3.8, 4) is 0 Å². The largest absolute Gasteiger partial charge is 0.302 e. The smallest absolute Gasteiger partial charge is 0.0359 e. The van der Waals surface area contributed by atoms with Crippen LogP contribution in [0.5, 0.6) is 0 Å². The fourth-order valence-corrected chi connectivity index (χ4v) is 5.37. The first-order chi connectivity index (χ1) is 6.70. The van der Waals surface area contributed by atoms with Crippen molar-refractivity contribution < 1.29 is 0 Å². The molecule has 4 rings (SSSR count). The number of nitrogens with zero attached hydrogens (tertiary/aromatic N) is 1. The van der Waals surface area contributed by atoms with E-state index in [9.17, 15) is 0 Å². The molecule has 0 saturated carbocycles. The topological polar surface area (TPSA) is 3.24 Å². The first-order valence-electron chi connectivity index (χ1n) is 5.77. The zero-order chi connectivity index (χ0) is 9.76. The molecule has 0 N–H and O–H groups in total. The average Bonchev–Trinajstić information content (AvgIpc) is 2.43. The van der Waals surface area contributed by atoms with Crippen LogP contribution < -0.4 is 0 Å². The summed E-state index contributed by atoms with van der Waals surface area (Å²) in [4.78, 5) is 2.66. The van der Waals surface area contributed by atoms with Gasteiger partial charge in [-0.2, -0.15) is 0 Å². The van der Waals surface area contributed by atoms with Gasteiger partial charge in [0.2, 0.25) is 0 Å². The van der Waals surface area contributed by atoms with Gasteiger partial charge in [-0.25, -0.2) is 0 Å². The first-order valence-corrected chi connectivity index (χ1v) is 6.65. The molecule has 4 saturated heterocycles. The summed E-state index contributed by atoms with van der Waals surface area (Å²) < 4.78 is 0.576. The Morgan fingerprint density at radius 2 is 2.14 bits per heavy atom. The van der Waals surface area contributed by atoms with E-state index in [-0.39, 0.29) is 0 Å². The van der Waals surface area contributed by atoms with Crippen LogP contribution in [0.1, 0.15) is 26.2 Å². The zero-order valence-electron chi connectivity index (χ0n) is 8.96. The Morgan fingerprint density at radius 1 is 1.43 bits per heavy atom. The molecule has 14 heavy (non-hydrogen) atoms. The molecule has 1 spiro atoms. The van der Waals surface area contributed by atoms with E-state index in [1.807, 2.05) is 0 Å². The predicted molar refractivity (Wildman–Crippen MR) is 62.7 cm³/mol. The fraction of sp³-hybridized carbons (Fsp3) is 0.833. The van der Waals surface area contributed by atoms with Crippen LogP contribution in [-0.2, 0) is 0 Å². The lowest BCUT2D eigenvalue weighted by atomic mass is 9.75. The maximum Gasteiger partial charge on any atom is 0.0359 e. The van der Waals surface area contributed by atoms with Crippen molar-refractivity contribution in [2.75, 3.05) is 19.6 Å². The summed E-state index contributed by atoms with van der Waals surface area (Å²) >= 11 is 2.22. The summed E-state index contributed by atoms with van der Waals surface area (Å²) in [6.45, 7) is 10.6. The van der Waals surface area contributed by atoms with Gasteiger partial charge in [-0.05, 0) is 45.2 Å². The van der Waals surface area contributed by atoms with Gasteiger partial charge in [0, 0.05) is 16.5 Å². The van der Waals surface area contributed by atoms with Crippen molar-refractivity contribution in [2.45, 2.75) is 36.2 Å². The molecular formula is C12H19NS. The van der Waals surface area contributed by atoms with E-state index in [0.717, 1.165) is 5.92 Å². The maximum absolute atomic E-state index is 4.23. The van der Waals surface area contributed by atoms with Gasteiger partial charge in [0.25, 0.3) is 0 Å². The summed E-state index contributed by atoms with van der Waals surface area (Å²) in [5.74, 6) is 0.985. The lowest BCUT2D eigenvalue weighted by Gasteiger charge is -2.51. The molecule has 2 unspecified atom stereocenters. The van der Waals surface area contributed by atoms with Gasteiger partial charge in [-0.15, -0.1) is 11.8 Å². The van der Waals surface area contributed by atoms with Gasteiger partial charge in [-0.3, -0.25) is 0 Å². The molecular weight excluding hydrogens is 190 g/mol. The van der Waals surface area contributed by atoms with Crippen molar-refractivity contribution in [3.63, 3.8) is 0 Å². The Hall–Kier alpha value is 0.0500. The Labute approximate surface area is 90.9 Å². The molecule has 0 aliphatic carbocycles. The summed E-state index contributed by atoms with van der Waals surface area (Å²) in [5.41, 5.74) is 1.49. The Balaban J connectivity index is 1.87. The molecule has 0 aromatic heterocycles. The van der Waals surface area contributed by atoms with E-state index in [2.05, 4.69) is 30.2 Å². The van der Waals surface area contributed by atoms with E-state index in [1.165, 1.54) is 44.5 Å². The minimum atomic E-state index is 0.576. The van der Waals surface area contributed by atoms with Crippen LogP contribution in [0.4, 0.5) is 0 Å². The average molecular weight is 209 g/mol. The second kappa shape index (κ2) is 3.02. The van der Waals surface area contributed by atoms with Gasteiger partial charge < -0.3 is 4.90 Å². The minimum absolute atomic E-state index is 0.576. The van der Waals surface area contributed by atoms with E-state index in [4.69, 9.17) is 0 Å². The number of fused-ring (bicyclic) bond motifs is 2. The van der Waals surface area contributed by atoms with Crippen LogP contribution in [0.2, 0.25) is 0 Å². The van der Waals surface area contributed by atoms with Gasteiger partial charge >= 0.3 is 0 Å². The summed E-state index contributed by atoms with van der Waals surface area (Å²) in [7, 11) is 0. The highest BCUT2D eigenvalue weighted by Crippen LogP contribution is 2.55. The molecule has 2 heteroatoms. The van der Waals surface area contributed by atoms with Gasteiger partial charge in [-0.1, -0.05) is 12.2 Å². The molecule has 4 aliphatic heterocycles. The Kier molecular flexibility index (Phi) is 2.00. The third kappa shape index (κ3) is 1.20. The molecule has 4 aliphatic rings. The lowest BCUT2D eigenvalue weighted by molar-refractivity contribution is 0.0736. The molecule has 4 heterocycles. The van der Waals surface area contributed by atoms with Crippen LogP contribution >= 0.6 is 11.8 Å². The van der Waals surface area contributed by atoms with E-state index >= 15 is 0 Å². The highest BCUT2D eigenvalue weighted by Gasteiger charge is 2.51. The number of hydrogen-bond donors (Lipinski definition) is 0. The molecule has 2 bridgehead atoms. The van der Waals surface area contributed by atoms with Crippen molar-refractivity contribution in [2.24, 2.45) is 5.92 Å². The quantitative estimate of drug-likeness (QED) is 0.564. The molecule has 4 fully saturated rings. The standard InChI is InChI=1S/C12H19NS/c1-9-7-12(14-10(9)2)8-13-5-3-11(12)4-6-13/h10-11H,1,3-8H2,2H3. The van der Waals surface area contributed by atoms with Crippen molar-refractivity contribution in [1.29, 1.82) is 0 Å². The third-order valence-corrected chi connectivity index (χ3v) is 6.10. The van der Waals surface area contributed by atoms with E-state index in [1.54, 1.807) is 0 Å². The number of rotatable bonds is 0. The van der Waals surface area contributed by atoms with Crippen LogP contribution in [0.25, 0.3) is 0 Å². The van der Waals surface area contributed by atoms with Crippen LogP contribution in [0.15, 0.2) is 12.2 Å². The summed E-state index contributed by atoms with van der Waals surface area (Å²) in [6.07, 6.45) is 4.17. The van der Waals surface area contributed by atoms with Gasteiger partial charge in [0.1, 0.15) is 0 Å². The van der Waals surface area contributed by atoms with E-state index < -0.39 is 0 Å². The molecule has 0 aromatic carbocycles. The summed E-state index contributed by atoms with van der Waals surface area (Å²) in [5, 5.41) is 0.704. The molecule has 0 amide bonds. The minimum Gasteiger partial charge on any atom is -0.302 e. The molecule has 0 aromatic rings. The second-order valence-electron chi connectivity index (χ2n) is 5.21. The molecule has 78 valence electrons. The lowest BCUT2D eigenvalue weighted by Crippen LogP contribution is -2.56. The normalized spacial score (nSPS) is 51.8. The summed E-state index contributed by atoms with van der Waals surface area (Å²) in [6, 6.07) is 0. The molecule has 1 nitrogen and oxygen atoms in total. The van der Waals surface area contributed by atoms with Gasteiger partial charge in [0.15, 0.2) is 0 Å². The second-order valence-corrected chi connectivity index (χ2v) is 6.97. The van der Waals surface area contributed by atoms with E-state index in [0.29, 0.717) is 10.00 Å². The SMILES string of the molecule is C=C1CC2(CN3CCC2CC3)SC1C. The van der Waals surface area contributed by atoms with Crippen molar-refractivity contribution in [3.05, 3.63) is 12.2 Å². The Bertz CT molecular complexity index is 267. The maximum atomic E-state index is 4.23. The monoisotopic (exact) mass is 209 g/mol. The van der Waals surface area contributed by atoms with Gasteiger partial charge in [0.05, 0.1) is 0 Å². The highest BCUT2D eigenvalue weighted by molar-refractivity contribution is 8.01. The van der Waals surface area contributed by atoms with Crippen LogP contribution in [0, 0.1) is 5.92 Å². The number of piperidine rings is 3. The van der Waals surface area contributed by atoms with Crippen molar-refractivity contribution in [1.82, 2.24) is 4.90 Å². The fourth-order valence-electron chi connectivity index (χ4n) is 3.46. The number of hydrogen-bond acceptors (Lipinski definition) is 2. The van der Waals surface area contributed by atoms with Crippen LogP contribution in [-0.4, -0.2) is 34.5 Å². The first kappa shape index (κ1) is 9.29. The predicted octanol–water partition coefficient (Wildman–Crippen LogP) is 2.53. The zero-order valence-corrected chi connectivity index (χ0v) is 9.78. The van der Waals surface area contributed by atoms with Crippen LogP contribution in [0.3, 0.4) is 0 Å². The number of thioether (sulfide) groups is 1. The third-order valence-electron chi connectivity index (χ3n) is 4.34.